The van der Waals surface area contributed by atoms with E-state index in [-0.39, 0.29) is 24.8 Å². The Hall–Kier alpha value is -3.61. The van der Waals surface area contributed by atoms with Crippen LogP contribution in [0.25, 0.3) is 22.0 Å². The third kappa shape index (κ3) is 3.66. The summed E-state index contributed by atoms with van der Waals surface area (Å²) in [5.41, 5.74) is 10.5. The van der Waals surface area contributed by atoms with Gasteiger partial charge in [0.25, 0.3) is 5.91 Å². The Balaban J connectivity index is 1.40. The number of hydrogen-bond acceptors (Lipinski definition) is 4. The number of nitrogens with one attached hydrogen (secondary N) is 2. The van der Waals surface area contributed by atoms with Crippen molar-refractivity contribution >= 4 is 33.8 Å². The van der Waals surface area contributed by atoms with Crippen LogP contribution < -0.4 is 10.9 Å². The van der Waals surface area contributed by atoms with Crippen molar-refractivity contribution in [3.63, 3.8) is 0 Å². The largest absolute Gasteiger partial charge is 0.464 e. The van der Waals surface area contributed by atoms with E-state index in [0.717, 1.165) is 44.5 Å². The van der Waals surface area contributed by atoms with Gasteiger partial charge in [-0.3, -0.25) is 20.4 Å². The maximum absolute atomic E-state index is 12.4. The molecule has 2 aromatic heterocycles. The molecule has 0 atom stereocenters. The summed E-state index contributed by atoms with van der Waals surface area (Å²) in [4.78, 5) is 29.3. The van der Waals surface area contributed by atoms with Gasteiger partial charge in [0.2, 0.25) is 5.91 Å². The van der Waals surface area contributed by atoms with Gasteiger partial charge >= 0.3 is 0 Å². The Labute approximate surface area is 174 Å². The summed E-state index contributed by atoms with van der Waals surface area (Å²) < 4.78 is 7.51. The monoisotopic (exact) mass is 404 g/mol. The van der Waals surface area contributed by atoms with E-state index in [1.54, 1.807) is 6.26 Å². The van der Waals surface area contributed by atoms with E-state index in [1.165, 1.54) is 0 Å². The minimum absolute atomic E-state index is 0.0804. The number of aryl methyl sites for hydroxylation is 3. The third-order valence-corrected chi connectivity index (χ3v) is 5.39. The van der Waals surface area contributed by atoms with Crippen molar-refractivity contribution in [3.05, 3.63) is 65.2 Å². The molecule has 2 aromatic carbocycles. The predicted molar refractivity (Wildman–Crippen MR) is 115 cm³/mol. The van der Waals surface area contributed by atoms with Crippen molar-refractivity contribution < 1.29 is 14.0 Å². The fourth-order valence-electron chi connectivity index (χ4n) is 3.64. The second-order valence-electron chi connectivity index (χ2n) is 7.37. The van der Waals surface area contributed by atoms with Crippen molar-refractivity contribution in [1.29, 1.82) is 0 Å². The number of amides is 2. The molecule has 0 radical (unpaired) electrons. The Morgan fingerprint density at radius 1 is 1.07 bits per heavy atom. The normalized spacial score (nSPS) is 11.2. The molecular formula is C23H24N4O3. The molecule has 0 spiro atoms. The van der Waals surface area contributed by atoms with Gasteiger partial charge in [-0.1, -0.05) is 31.2 Å². The summed E-state index contributed by atoms with van der Waals surface area (Å²) in [7, 11) is 0. The zero-order valence-corrected chi connectivity index (χ0v) is 17.3. The van der Waals surface area contributed by atoms with Crippen molar-refractivity contribution in [3.8, 4) is 0 Å². The second kappa shape index (κ2) is 8.02. The number of carbonyl (C=O) groups excluding carboxylic acids is 2. The lowest BCUT2D eigenvalue weighted by atomic mass is 10.0. The number of para-hydroxylation sites is 2. The molecule has 2 amide bonds. The number of fused-ring (bicyclic) bond motifs is 2. The van der Waals surface area contributed by atoms with Gasteiger partial charge in [-0.15, -0.1) is 0 Å². The van der Waals surface area contributed by atoms with Crippen LogP contribution in [0, 0.1) is 13.8 Å². The minimum Gasteiger partial charge on any atom is -0.464 e. The molecule has 2 heterocycles. The highest BCUT2D eigenvalue weighted by molar-refractivity contribution is 5.90. The van der Waals surface area contributed by atoms with Crippen LogP contribution in [0.5, 0.6) is 0 Å². The van der Waals surface area contributed by atoms with Crippen LogP contribution in [0.1, 0.15) is 29.4 Å². The summed E-state index contributed by atoms with van der Waals surface area (Å²) in [6.07, 6.45) is 2.43. The highest BCUT2D eigenvalue weighted by Gasteiger charge is 2.15. The second-order valence-corrected chi connectivity index (χ2v) is 7.37. The minimum atomic E-state index is -0.315. The van der Waals surface area contributed by atoms with E-state index >= 15 is 0 Å². The summed E-state index contributed by atoms with van der Waals surface area (Å²) >= 11 is 0. The maximum Gasteiger partial charge on any atom is 0.258 e. The van der Waals surface area contributed by atoms with E-state index in [0.29, 0.717) is 6.42 Å². The van der Waals surface area contributed by atoms with Crippen molar-refractivity contribution in [2.45, 2.75) is 40.2 Å². The van der Waals surface area contributed by atoms with E-state index in [1.807, 2.05) is 61.7 Å². The highest BCUT2D eigenvalue weighted by atomic mass is 16.3. The number of benzene rings is 2. The summed E-state index contributed by atoms with van der Waals surface area (Å²) in [6.45, 7) is 6.09. The number of aromatic nitrogens is 2. The van der Waals surface area contributed by atoms with Gasteiger partial charge in [-0.2, -0.15) is 0 Å². The Kier molecular flexibility index (Phi) is 5.27. The molecule has 2 N–H and O–H groups in total. The van der Waals surface area contributed by atoms with Gasteiger partial charge in [0.1, 0.15) is 18.0 Å². The molecule has 4 rings (SSSR count). The van der Waals surface area contributed by atoms with Crippen LogP contribution in [-0.2, 0) is 29.0 Å². The van der Waals surface area contributed by atoms with Crippen LogP contribution in [-0.4, -0.2) is 21.4 Å². The van der Waals surface area contributed by atoms with Gasteiger partial charge in [-0.05, 0) is 37.1 Å². The van der Waals surface area contributed by atoms with Crippen molar-refractivity contribution in [2.75, 3.05) is 0 Å². The quantitative estimate of drug-likeness (QED) is 0.499. The Bertz CT molecular complexity index is 1250. The standard InChI is InChI=1S/C23H24N4O3/c1-4-20-24-18-7-5-6-8-19(18)27(20)12-22(29)26-25-21(28)11-16-13-30-23-15(3)14(2)9-10-17(16)23/h5-10,13H,4,11-12H2,1-3H3,(H,25,28)(H,26,29). The molecule has 7 heteroatoms. The van der Waals surface area contributed by atoms with E-state index < -0.39 is 0 Å². The first-order valence-electron chi connectivity index (χ1n) is 9.96. The number of hydrazine groups is 1. The molecule has 0 aliphatic carbocycles. The highest BCUT2D eigenvalue weighted by Crippen LogP contribution is 2.26. The summed E-state index contributed by atoms with van der Waals surface area (Å²) in [6, 6.07) is 11.7. The first kappa shape index (κ1) is 19.7. The fraction of sp³-hybridized carbons (Fsp3) is 0.261. The van der Waals surface area contributed by atoms with E-state index in [9.17, 15) is 9.59 Å². The van der Waals surface area contributed by atoms with E-state index in [2.05, 4.69) is 15.8 Å². The van der Waals surface area contributed by atoms with Gasteiger partial charge in [0.15, 0.2) is 0 Å². The Morgan fingerprint density at radius 3 is 2.63 bits per heavy atom. The Morgan fingerprint density at radius 2 is 1.83 bits per heavy atom. The fourth-order valence-corrected chi connectivity index (χ4v) is 3.64. The molecule has 0 aliphatic rings. The third-order valence-electron chi connectivity index (χ3n) is 5.39. The molecule has 4 aromatic rings. The number of carbonyl (C=O) groups is 2. The first-order valence-corrected chi connectivity index (χ1v) is 9.96. The van der Waals surface area contributed by atoms with Crippen LogP contribution in [0.15, 0.2) is 47.1 Å². The van der Waals surface area contributed by atoms with Crippen molar-refractivity contribution in [1.82, 2.24) is 20.4 Å². The molecule has 0 aliphatic heterocycles. The molecule has 0 saturated heterocycles. The number of hydrogen-bond donors (Lipinski definition) is 2. The zero-order chi connectivity index (χ0) is 21.3. The summed E-state index contributed by atoms with van der Waals surface area (Å²) in [5.74, 6) is 0.202. The molecule has 30 heavy (non-hydrogen) atoms. The lowest BCUT2D eigenvalue weighted by molar-refractivity contribution is -0.128. The number of rotatable bonds is 5. The molecule has 0 fully saturated rings. The van der Waals surface area contributed by atoms with Crippen LogP contribution in [0.2, 0.25) is 0 Å². The first-order chi connectivity index (χ1) is 14.5. The van der Waals surface area contributed by atoms with E-state index in [4.69, 9.17) is 4.42 Å². The lowest BCUT2D eigenvalue weighted by Crippen LogP contribution is -2.43. The zero-order valence-electron chi connectivity index (χ0n) is 17.3. The number of imidazole rings is 1. The van der Waals surface area contributed by atoms with Crippen LogP contribution >= 0.6 is 0 Å². The van der Waals surface area contributed by atoms with Crippen LogP contribution in [0.4, 0.5) is 0 Å². The maximum atomic E-state index is 12.4. The molecule has 154 valence electrons. The average Bonchev–Trinajstić information content (AvgIpc) is 3.31. The SMILES string of the molecule is CCc1nc2ccccc2n1CC(=O)NNC(=O)Cc1coc2c(C)c(C)ccc12. The molecule has 0 unspecified atom stereocenters. The number of furan rings is 1. The van der Waals surface area contributed by atoms with Gasteiger partial charge in [0.05, 0.1) is 23.7 Å². The van der Waals surface area contributed by atoms with Crippen molar-refractivity contribution in [2.24, 2.45) is 0 Å². The van der Waals surface area contributed by atoms with Gasteiger partial charge < -0.3 is 8.98 Å². The van der Waals surface area contributed by atoms with Gasteiger partial charge in [-0.25, -0.2) is 4.98 Å². The lowest BCUT2D eigenvalue weighted by Gasteiger charge is -2.10. The molecule has 0 bridgehead atoms. The van der Waals surface area contributed by atoms with Crippen LogP contribution in [0.3, 0.4) is 0 Å². The summed E-state index contributed by atoms with van der Waals surface area (Å²) in [5, 5.41) is 0.914. The van der Waals surface area contributed by atoms with Gasteiger partial charge in [0, 0.05) is 17.4 Å². The molecular weight excluding hydrogens is 380 g/mol. The topological polar surface area (TPSA) is 89.2 Å². The average molecular weight is 404 g/mol. The predicted octanol–water partition coefficient (Wildman–Crippen LogP) is 3.35. The smallest absolute Gasteiger partial charge is 0.258 e. The molecule has 0 saturated carbocycles. The number of nitrogens with zero attached hydrogens (tertiary/aromatic N) is 2. The molecule has 7 nitrogen and oxygen atoms in total.